The zero-order valence-corrected chi connectivity index (χ0v) is 13.4. The second-order valence-corrected chi connectivity index (χ2v) is 7.76. The monoisotopic (exact) mass is 295 g/mol. The summed E-state index contributed by atoms with van der Waals surface area (Å²) in [7, 11) is 0. The highest BCUT2D eigenvalue weighted by molar-refractivity contribution is 4.91. The Morgan fingerprint density at radius 2 is 1.67 bits per heavy atom. The Labute approximate surface area is 129 Å². The standard InChI is InChI=1S/C18H33NO2/c20-15(12-14-6-1-2-7-14)13-19-11-4-3-9-17(19)16-8-5-10-18(16)21/h14-18,20-21H,1-13H2. The quantitative estimate of drug-likeness (QED) is 0.819. The summed E-state index contributed by atoms with van der Waals surface area (Å²) < 4.78 is 0. The fourth-order valence-electron chi connectivity index (χ4n) is 5.12. The van der Waals surface area contributed by atoms with Gasteiger partial charge in [-0.05, 0) is 44.6 Å². The zero-order chi connectivity index (χ0) is 14.7. The van der Waals surface area contributed by atoms with Crippen LogP contribution in [0.15, 0.2) is 0 Å². The third kappa shape index (κ3) is 4.00. The van der Waals surface area contributed by atoms with Crippen LogP contribution in [0, 0.1) is 11.8 Å². The molecule has 0 aromatic heterocycles. The van der Waals surface area contributed by atoms with Crippen LogP contribution < -0.4 is 0 Å². The average molecular weight is 295 g/mol. The molecule has 1 aliphatic heterocycles. The normalized spacial score (nSPS) is 37.1. The van der Waals surface area contributed by atoms with Gasteiger partial charge in [-0.1, -0.05) is 38.5 Å². The first-order valence-corrected chi connectivity index (χ1v) is 9.34. The van der Waals surface area contributed by atoms with Gasteiger partial charge in [-0.3, -0.25) is 4.90 Å². The van der Waals surface area contributed by atoms with E-state index in [1.54, 1.807) is 0 Å². The molecule has 0 bridgehead atoms. The van der Waals surface area contributed by atoms with Crippen LogP contribution in [0.1, 0.15) is 70.6 Å². The lowest BCUT2D eigenvalue weighted by molar-refractivity contribution is 0.00454. The summed E-state index contributed by atoms with van der Waals surface area (Å²) in [5.74, 6) is 1.23. The molecule has 0 spiro atoms. The van der Waals surface area contributed by atoms with Gasteiger partial charge in [0.15, 0.2) is 0 Å². The van der Waals surface area contributed by atoms with E-state index < -0.39 is 0 Å². The number of hydrogen-bond acceptors (Lipinski definition) is 3. The Kier molecular flexibility index (Phi) is 5.58. The van der Waals surface area contributed by atoms with Crippen LogP contribution in [0.25, 0.3) is 0 Å². The van der Waals surface area contributed by atoms with Gasteiger partial charge in [-0.2, -0.15) is 0 Å². The van der Waals surface area contributed by atoms with E-state index in [-0.39, 0.29) is 12.2 Å². The van der Waals surface area contributed by atoms with E-state index in [1.807, 2.05) is 0 Å². The molecule has 21 heavy (non-hydrogen) atoms. The molecule has 3 nitrogen and oxygen atoms in total. The lowest BCUT2D eigenvalue weighted by Crippen LogP contribution is -2.49. The van der Waals surface area contributed by atoms with Gasteiger partial charge in [-0.25, -0.2) is 0 Å². The van der Waals surface area contributed by atoms with Crippen molar-refractivity contribution < 1.29 is 10.2 Å². The molecule has 0 aromatic carbocycles. The van der Waals surface area contributed by atoms with E-state index in [1.165, 1.54) is 57.8 Å². The smallest absolute Gasteiger partial charge is 0.0669 e. The van der Waals surface area contributed by atoms with Gasteiger partial charge in [0.05, 0.1) is 12.2 Å². The van der Waals surface area contributed by atoms with Crippen molar-refractivity contribution in [1.29, 1.82) is 0 Å². The highest BCUT2D eigenvalue weighted by atomic mass is 16.3. The molecule has 3 fully saturated rings. The second kappa shape index (κ2) is 7.43. The zero-order valence-electron chi connectivity index (χ0n) is 13.4. The molecule has 122 valence electrons. The van der Waals surface area contributed by atoms with E-state index in [4.69, 9.17) is 0 Å². The maximum atomic E-state index is 10.5. The number of β-amino-alcohol motifs (C(OH)–C–C–N with tert-alkyl or cyclic N) is 1. The fourth-order valence-corrected chi connectivity index (χ4v) is 5.12. The third-order valence-electron chi connectivity index (χ3n) is 6.22. The number of likely N-dealkylation sites (tertiary alicyclic amines) is 1. The summed E-state index contributed by atoms with van der Waals surface area (Å²) in [6.45, 7) is 1.96. The van der Waals surface area contributed by atoms with Crippen LogP contribution in [0.5, 0.6) is 0 Å². The van der Waals surface area contributed by atoms with Crippen LogP contribution in [-0.2, 0) is 0 Å². The summed E-state index contributed by atoms with van der Waals surface area (Å²) in [5, 5.41) is 20.7. The van der Waals surface area contributed by atoms with Gasteiger partial charge in [0, 0.05) is 18.5 Å². The van der Waals surface area contributed by atoms with Gasteiger partial charge in [-0.15, -0.1) is 0 Å². The lowest BCUT2D eigenvalue weighted by atomic mass is 9.87. The number of nitrogens with zero attached hydrogens (tertiary/aromatic N) is 1. The average Bonchev–Trinajstić information content (AvgIpc) is 3.11. The first-order valence-electron chi connectivity index (χ1n) is 9.34. The van der Waals surface area contributed by atoms with Crippen molar-refractivity contribution >= 4 is 0 Å². The number of piperidine rings is 1. The molecule has 2 N–H and O–H groups in total. The molecule has 2 saturated carbocycles. The van der Waals surface area contributed by atoms with Crippen LogP contribution in [0.4, 0.5) is 0 Å². The molecule has 4 atom stereocenters. The van der Waals surface area contributed by atoms with Crippen LogP contribution >= 0.6 is 0 Å². The Bertz CT molecular complexity index is 316. The molecule has 0 amide bonds. The summed E-state index contributed by atoms with van der Waals surface area (Å²) in [6.07, 6.45) is 13.2. The SMILES string of the molecule is OC(CC1CCCC1)CN1CCCCC1C1CCCC1O. The number of aliphatic hydroxyl groups excluding tert-OH is 2. The maximum absolute atomic E-state index is 10.5. The minimum Gasteiger partial charge on any atom is -0.393 e. The predicted molar refractivity (Wildman–Crippen MR) is 85.1 cm³/mol. The number of hydrogen-bond donors (Lipinski definition) is 2. The van der Waals surface area contributed by atoms with Crippen molar-refractivity contribution in [2.45, 2.75) is 88.9 Å². The van der Waals surface area contributed by atoms with Crippen molar-refractivity contribution in [1.82, 2.24) is 4.90 Å². The van der Waals surface area contributed by atoms with Crippen molar-refractivity contribution in [3.05, 3.63) is 0 Å². The van der Waals surface area contributed by atoms with Gasteiger partial charge in [0.25, 0.3) is 0 Å². The number of rotatable bonds is 5. The molecule has 1 saturated heterocycles. The van der Waals surface area contributed by atoms with E-state index in [2.05, 4.69) is 4.90 Å². The maximum Gasteiger partial charge on any atom is 0.0669 e. The molecule has 4 unspecified atom stereocenters. The highest BCUT2D eigenvalue weighted by Crippen LogP contribution is 2.36. The van der Waals surface area contributed by atoms with Gasteiger partial charge < -0.3 is 10.2 Å². The largest absolute Gasteiger partial charge is 0.393 e. The first kappa shape index (κ1) is 15.8. The minimum absolute atomic E-state index is 0.0948. The second-order valence-electron chi connectivity index (χ2n) is 7.76. The van der Waals surface area contributed by atoms with Gasteiger partial charge in [0.1, 0.15) is 0 Å². The highest BCUT2D eigenvalue weighted by Gasteiger charge is 2.37. The summed E-state index contributed by atoms with van der Waals surface area (Å²) in [6, 6.07) is 0.523. The first-order chi connectivity index (χ1) is 10.2. The molecule has 2 aliphatic carbocycles. The van der Waals surface area contributed by atoms with E-state index in [0.717, 1.165) is 31.8 Å². The molecule has 3 rings (SSSR count). The van der Waals surface area contributed by atoms with Crippen molar-refractivity contribution in [2.75, 3.05) is 13.1 Å². The number of aliphatic hydroxyl groups is 2. The Balaban J connectivity index is 1.53. The van der Waals surface area contributed by atoms with Crippen LogP contribution in [0.2, 0.25) is 0 Å². The van der Waals surface area contributed by atoms with E-state index in [9.17, 15) is 10.2 Å². The lowest BCUT2D eigenvalue weighted by Gasteiger charge is -2.41. The predicted octanol–water partition coefficient (Wildman–Crippen LogP) is 2.94. The molecule has 1 heterocycles. The van der Waals surface area contributed by atoms with E-state index >= 15 is 0 Å². The minimum atomic E-state index is -0.160. The fraction of sp³-hybridized carbons (Fsp3) is 1.00. The van der Waals surface area contributed by atoms with Crippen LogP contribution in [-0.4, -0.2) is 46.5 Å². The molecular weight excluding hydrogens is 262 g/mol. The third-order valence-corrected chi connectivity index (χ3v) is 6.22. The van der Waals surface area contributed by atoms with E-state index in [0.29, 0.717) is 12.0 Å². The Hall–Kier alpha value is -0.120. The molecule has 0 radical (unpaired) electrons. The van der Waals surface area contributed by atoms with Gasteiger partial charge >= 0.3 is 0 Å². The Morgan fingerprint density at radius 3 is 2.38 bits per heavy atom. The van der Waals surface area contributed by atoms with Gasteiger partial charge in [0.2, 0.25) is 0 Å². The molecule has 3 heteroatoms. The topological polar surface area (TPSA) is 43.7 Å². The summed E-state index contributed by atoms with van der Waals surface area (Å²) >= 11 is 0. The molecule has 0 aromatic rings. The summed E-state index contributed by atoms with van der Waals surface area (Å²) in [4.78, 5) is 2.52. The van der Waals surface area contributed by atoms with Crippen molar-refractivity contribution in [3.63, 3.8) is 0 Å². The van der Waals surface area contributed by atoms with Crippen molar-refractivity contribution in [3.8, 4) is 0 Å². The van der Waals surface area contributed by atoms with Crippen molar-refractivity contribution in [2.24, 2.45) is 11.8 Å². The Morgan fingerprint density at radius 1 is 0.905 bits per heavy atom. The molecule has 3 aliphatic rings. The summed E-state index contributed by atoms with van der Waals surface area (Å²) in [5.41, 5.74) is 0. The van der Waals surface area contributed by atoms with Crippen LogP contribution in [0.3, 0.4) is 0 Å². The molecular formula is C18H33NO2.